The van der Waals surface area contributed by atoms with E-state index in [9.17, 15) is 10.1 Å². The van der Waals surface area contributed by atoms with E-state index in [2.05, 4.69) is 11.4 Å². The molecule has 23 heavy (non-hydrogen) atoms. The zero-order chi connectivity index (χ0) is 16.8. The van der Waals surface area contributed by atoms with E-state index >= 15 is 0 Å². The third-order valence-electron chi connectivity index (χ3n) is 3.69. The van der Waals surface area contributed by atoms with Crippen molar-refractivity contribution in [3.63, 3.8) is 0 Å². The Hall–Kier alpha value is -2.80. The van der Waals surface area contributed by atoms with Crippen LogP contribution in [0.25, 0.3) is 0 Å². The molecule has 2 aromatic rings. The van der Waals surface area contributed by atoms with Crippen LogP contribution in [-0.4, -0.2) is 13.0 Å². The second-order valence-electron chi connectivity index (χ2n) is 5.54. The van der Waals surface area contributed by atoms with Crippen LogP contribution in [0.3, 0.4) is 0 Å². The fourth-order valence-electron chi connectivity index (χ4n) is 2.41. The number of benzene rings is 2. The van der Waals surface area contributed by atoms with Gasteiger partial charge in [-0.1, -0.05) is 29.8 Å². The molecule has 0 aliphatic heterocycles. The highest BCUT2D eigenvalue weighted by molar-refractivity contribution is 5.95. The van der Waals surface area contributed by atoms with Gasteiger partial charge in [0, 0.05) is 5.69 Å². The summed E-state index contributed by atoms with van der Waals surface area (Å²) in [7, 11) is 1.59. The number of carbonyl (C=O) groups excluding carboxylic acids is 1. The molecule has 1 N–H and O–H groups in total. The second kappa shape index (κ2) is 7.46. The van der Waals surface area contributed by atoms with Crippen LogP contribution in [-0.2, 0) is 11.2 Å². The predicted molar refractivity (Wildman–Crippen MR) is 90.3 cm³/mol. The summed E-state index contributed by atoms with van der Waals surface area (Å²) in [4.78, 5) is 12.4. The van der Waals surface area contributed by atoms with Crippen molar-refractivity contribution in [3.8, 4) is 11.8 Å². The van der Waals surface area contributed by atoms with Gasteiger partial charge in [-0.05, 0) is 49.6 Å². The fraction of sp³-hybridized carbons (Fsp3) is 0.263. The molecule has 118 valence electrons. The number of carbonyl (C=O) groups is 1. The minimum atomic E-state index is -0.747. The minimum absolute atomic E-state index is 0.290. The molecule has 2 aromatic carbocycles. The molecule has 2 rings (SSSR count). The SMILES string of the molecule is COc1cccc(C[C@@H](C#N)C(=O)Nc2ccc(C)cc2C)c1. The third kappa shape index (κ3) is 4.33. The fourth-order valence-corrected chi connectivity index (χ4v) is 2.41. The molecule has 1 amide bonds. The molecular formula is C19H20N2O2. The highest BCUT2D eigenvalue weighted by Gasteiger charge is 2.19. The van der Waals surface area contributed by atoms with Gasteiger partial charge in [-0.25, -0.2) is 0 Å². The number of aryl methyl sites for hydroxylation is 2. The van der Waals surface area contributed by atoms with E-state index in [0.29, 0.717) is 12.2 Å². The summed E-state index contributed by atoms with van der Waals surface area (Å²) in [6, 6.07) is 15.3. The van der Waals surface area contributed by atoms with E-state index in [1.54, 1.807) is 7.11 Å². The van der Waals surface area contributed by atoms with Crippen molar-refractivity contribution in [1.82, 2.24) is 0 Å². The maximum absolute atomic E-state index is 12.4. The van der Waals surface area contributed by atoms with Crippen molar-refractivity contribution in [2.45, 2.75) is 20.3 Å². The van der Waals surface area contributed by atoms with E-state index in [4.69, 9.17) is 4.74 Å². The van der Waals surface area contributed by atoms with Gasteiger partial charge in [0.15, 0.2) is 0 Å². The number of hydrogen-bond acceptors (Lipinski definition) is 3. The predicted octanol–water partition coefficient (Wildman–Crippen LogP) is 3.63. The van der Waals surface area contributed by atoms with E-state index in [1.165, 1.54) is 0 Å². The van der Waals surface area contributed by atoms with Crippen LogP contribution in [0.1, 0.15) is 16.7 Å². The molecule has 1 atom stereocenters. The molecular weight excluding hydrogens is 288 g/mol. The number of methoxy groups -OCH3 is 1. The molecule has 0 spiro atoms. The van der Waals surface area contributed by atoms with Crippen molar-refractivity contribution >= 4 is 11.6 Å². The van der Waals surface area contributed by atoms with Crippen LogP contribution < -0.4 is 10.1 Å². The lowest BCUT2D eigenvalue weighted by Gasteiger charge is -2.13. The highest BCUT2D eigenvalue weighted by atomic mass is 16.5. The van der Waals surface area contributed by atoms with Crippen LogP contribution in [0.5, 0.6) is 5.75 Å². The average molecular weight is 308 g/mol. The first-order chi connectivity index (χ1) is 11.0. The largest absolute Gasteiger partial charge is 0.497 e. The average Bonchev–Trinajstić information content (AvgIpc) is 2.55. The summed E-state index contributed by atoms with van der Waals surface area (Å²) in [6.45, 7) is 3.94. The number of hydrogen-bond donors (Lipinski definition) is 1. The first-order valence-corrected chi connectivity index (χ1v) is 7.44. The van der Waals surface area contributed by atoms with Gasteiger partial charge in [0.05, 0.1) is 13.2 Å². The summed E-state index contributed by atoms with van der Waals surface area (Å²) in [6.07, 6.45) is 0.352. The lowest BCUT2D eigenvalue weighted by atomic mass is 9.99. The zero-order valence-corrected chi connectivity index (χ0v) is 13.6. The molecule has 4 nitrogen and oxygen atoms in total. The summed E-state index contributed by atoms with van der Waals surface area (Å²) in [5.41, 5.74) is 3.75. The Morgan fingerprint density at radius 3 is 2.70 bits per heavy atom. The molecule has 0 aliphatic rings. The van der Waals surface area contributed by atoms with Gasteiger partial charge in [-0.2, -0.15) is 5.26 Å². The van der Waals surface area contributed by atoms with Gasteiger partial charge in [-0.15, -0.1) is 0 Å². The number of nitrogens with zero attached hydrogens (tertiary/aromatic N) is 1. The Labute approximate surface area is 136 Å². The van der Waals surface area contributed by atoms with Crippen LogP contribution in [0.4, 0.5) is 5.69 Å². The van der Waals surface area contributed by atoms with Gasteiger partial charge in [0.25, 0.3) is 0 Å². The number of rotatable bonds is 5. The molecule has 0 fully saturated rings. The molecule has 0 aromatic heterocycles. The van der Waals surface area contributed by atoms with Crippen molar-refractivity contribution < 1.29 is 9.53 Å². The second-order valence-corrected chi connectivity index (χ2v) is 5.54. The number of ether oxygens (including phenoxy) is 1. The summed E-state index contributed by atoms with van der Waals surface area (Å²) in [5.74, 6) is -0.320. The maximum atomic E-state index is 12.4. The van der Waals surface area contributed by atoms with Crippen molar-refractivity contribution in [1.29, 1.82) is 5.26 Å². The van der Waals surface area contributed by atoms with Crippen LogP contribution in [0.2, 0.25) is 0 Å². The van der Waals surface area contributed by atoms with Gasteiger partial charge in [0.2, 0.25) is 5.91 Å². The summed E-state index contributed by atoms with van der Waals surface area (Å²) < 4.78 is 5.17. The van der Waals surface area contributed by atoms with E-state index < -0.39 is 5.92 Å². The zero-order valence-electron chi connectivity index (χ0n) is 13.6. The molecule has 0 unspecified atom stereocenters. The van der Waals surface area contributed by atoms with Crippen molar-refractivity contribution in [3.05, 3.63) is 59.2 Å². The number of nitrogens with one attached hydrogen (secondary N) is 1. The Morgan fingerprint density at radius 2 is 2.04 bits per heavy atom. The number of anilines is 1. The quantitative estimate of drug-likeness (QED) is 0.917. The normalized spacial score (nSPS) is 11.4. The van der Waals surface area contributed by atoms with Crippen LogP contribution in [0.15, 0.2) is 42.5 Å². The van der Waals surface area contributed by atoms with E-state index in [-0.39, 0.29) is 5.91 Å². The van der Waals surface area contributed by atoms with Gasteiger partial charge in [-0.3, -0.25) is 4.79 Å². The van der Waals surface area contributed by atoms with E-state index in [0.717, 1.165) is 22.4 Å². The topological polar surface area (TPSA) is 62.1 Å². The smallest absolute Gasteiger partial charge is 0.242 e. The number of nitriles is 1. The third-order valence-corrected chi connectivity index (χ3v) is 3.69. The summed E-state index contributed by atoms with van der Waals surface area (Å²) in [5, 5.41) is 12.2. The monoisotopic (exact) mass is 308 g/mol. The lowest BCUT2D eigenvalue weighted by Crippen LogP contribution is -2.23. The van der Waals surface area contributed by atoms with Crippen LogP contribution in [0, 0.1) is 31.1 Å². The molecule has 0 heterocycles. The maximum Gasteiger partial charge on any atom is 0.242 e. The summed E-state index contributed by atoms with van der Waals surface area (Å²) >= 11 is 0. The molecule has 0 bridgehead atoms. The minimum Gasteiger partial charge on any atom is -0.497 e. The lowest BCUT2D eigenvalue weighted by molar-refractivity contribution is -0.118. The Morgan fingerprint density at radius 1 is 1.26 bits per heavy atom. The highest BCUT2D eigenvalue weighted by Crippen LogP contribution is 2.19. The molecule has 0 saturated heterocycles. The van der Waals surface area contributed by atoms with Gasteiger partial charge < -0.3 is 10.1 Å². The molecule has 0 saturated carbocycles. The van der Waals surface area contributed by atoms with Gasteiger partial charge in [0.1, 0.15) is 11.7 Å². The Bertz CT molecular complexity index is 747. The molecule has 0 radical (unpaired) electrons. The van der Waals surface area contributed by atoms with Gasteiger partial charge >= 0.3 is 0 Å². The van der Waals surface area contributed by atoms with Crippen molar-refractivity contribution in [2.75, 3.05) is 12.4 Å². The first-order valence-electron chi connectivity index (χ1n) is 7.44. The molecule has 0 aliphatic carbocycles. The van der Waals surface area contributed by atoms with E-state index in [1.807, 2.05) is 56.3 Å². The standard InChI is InChI=1S/C19H20N2O2/c1-13-7-8-18(14(2)9-13)21-19(22)16(12-20)10-15-5-4-6-17(11-15)23-3/h4-9,11,16H,10H2,1-3H3,(H,21,22)/t16-/m0/s1. The van der Waals surface area contributed by atoms with Crippen LogP contribution >= 0.6 is 0 Å². The number of amides is 1. The Balaban J connectivity index is 2.10. The van der Waals surface area contributed by atoms with Crippen molar-refractivity contribution in [2.24, 2.45) is 5.92 Å². The first kappa shape index (κ1) is 16.6. The Kier molecular flexibility index (Phi) is 5.37. The molecule has 4 heteroatoms.